The number of nitrogens with zero attached hydrogens (tertiary/aromatic N) is 3. The van der Waals surface area contributed by atoms with Gasteiger partial charge >= 0.3 is 0 Å². The summed E-state index contributed by atoms with van der Waals surface area (Å²) in [6, 6.07) is 1.77. The minimum atomic E-state index is -3.41. The van der Waals surface area contributed by atoms with E-state index in [4.69, 9.17) is 0 Å². The second kappa shape index (κ2) is 5.83. The third kappa shape index (κ3) is 2.94. The quantitative estimate of drug-likeness (QED) is 0.807. The Labute approximate surface area is 136 Å². The van der Waals surface area contributed by atoms with Gasteiger partial charge in [0.2, 0.25) is 0 Å². The lowest BCUT2D eigenvalue weighted by molar-refractivity contribution is 0.303. The molecule has 8 heteroatoms. The highest BCUT2D eigenvalue weighted by atomic mass is 79.9. The van der Waals surface area contributed by atoms with Crippen LogP contribution in [0.3, 0.4) is 0 Å². The molecule has 0 spiro atoms. The molecule has 0 aliphatic carbocycles. The fourth-order valence-electron chi connectivity index (χ4n) is 2.65. The van der Waals surface area contributed by atoms with Gasteiger partial charge in [0.05, 0.1) is 0 Å². The summed E-state index contributed by atoms with van der Waals surface area (Å²) >= 11 is 4.55. The predicted octanol–water partition coefficient (Wildman–Crippen LogP) is 2.59. The summed E-state index contributed by atoms with van der Waals surface area (Å²) in [6.07, 6.45) is 5.66. The number of fused-ring (bicyclic) bond motifs is 1. The van der Waals surface area contributed by atoms with Crippen LogP contribution in [0.15, 0.2) is 32.5 Å². The second-order valence-electron chi connectivity index (χ2n) is 5.24. The third-order valence-electron chi connectivity index (χ3n) is 3.78. The summed E-state index contributed by atoms with van der Waals surface area (Å²) in [4.78, 5) is 4.30. The molecule has 0 bridgehead atoms. The molecular weight excluding hydrogens is 374 g/mol. The molecule has 0 N–H and O–H groups in total. The van der Waals surface area contributed by atoms with Crippen LogP contribution in [0.1, 0.15) is 12.2 Å². The van der Waals surface area contributed by atoms with Gasteiger partial charge in [-0.1, -0.05) is 0 Å². The van der Waals surface area contributed by atoms with Gasteiger partial charge in [-0.2, -0.15) is 4.31 Å². The van der Waals surface area contributed by atoms with E-state index in [1.807, 2.05) is 6.20 Å². The van der Waals surface area contributed by atoms with Crippen LogP contribution in [0.2, 0.25) is 0 Å². The summed E-state index contributed by atoms with van der Waals surface area (Å²) in [5, 5.41) is 1.78. The van der Waals surface area contributed by atoms with Gasteiger partial charge in [-0.25, -0.2) is 13.4 Å². The van der Waals surface area contributed by atoms with Gasteiger partial charge < -0.3 is 4.57 Å². The molecule has 0 fully saturated rings. The Morgan fingerprint density at radius 1 is 1.57 bits per heavy atom. The molecule has 0 saturated heterocycles. The number of aromatic nitrogens is 2. The van der Waals surface area contributed by atoms with E-state index in [0.717, 1.165) is 25.2 Å². The first kappa shape index (κ1) is 15.2. The fraction of sp³-hybridized carbons (Fsp3) is 0.462. The Morgan fingerprint density at radius 3 is 3.10 bits per heavy atom. The Kier molecular flexibility index (Phi) is 4.22. The number of imidazole rings is 1. The molecular formula is C13H16BrN3O2S2. The average molecular weight is 390 g/mol. The van der Waals surface area contributed by atoms with Crippen LogP contribution in [-0.2, 0) is 23.0 Å². The van der Waals surface area contributed by atoms with Crippen LogP contribution in [0.25, 0.3) is 0 Å². The Balaban J connectivity index is 1.73. The highest BCUT2D eigenvalue weighted by Gasteiger charge is 2.28. The van der Waals surface area contributed by atoms with Gasteiger partial charge in [-0.3, -0.25) is 0 Å². The molecule has 3 heterocycles. The third-order valence-corrected chi connectivity index (χ3v) is 8.25. The minimum Gasteiger partial charge on any atom is -0.335 e. The standard InChI is InChI=1S/C13H16BrN3O2S2/c1-16(21(18,19)13-11(14)4-7-20-13)8-10-2-3-12-15-5-6-17(12)9-10/h4-7,10H,2-3,8-9H2,1H3/t10-/m0/s1. The van der Waals surface area contributed by atoms with E-state index >= 15 is 0 Å². The topological polar surface area (TPSA) is 55.2 Å². The average Bonchev–Trinajstić information content (AvgIpc) is 3.06. The molecule has 114 valence electrons. The highest BCUT2D eigenvalue weighted by Crippen LogP contribution is 2.30. The van der Waals surface area contributed by atoms with E-state index in [1.54, 1.807) is 24.7 Å². The van der Waals surface area contributed by atoms with Gasteiger partial charge in [-0.15, -0.1) is 11.3 Å². The van der Waals surface area contributed by atoms with Gasteiger partial charge in [0.15, 0.2) is 0 Å². The van der Waals surface area contributed by atoms with Gasteiger partial charge in [0.25, 0.3) is 10.0 Å². The van der Waals surface area contributed by atoms with E-state index in [2.05, 4.69) is 25.5 Å². The normalized spacial score (nSPS) is 18.9. The van der Waals surface area contributed by atoms with Crippen LogP contribution >= 0.6 is 27.3 Å². The van der Waals surface area contributed by atoms with Crippen LogP contribution in [0.4, 0.5) is 0 Å². The number of hydrogen-bond donors (Lipinski definition) is 0. The maximum atomic E-state index is 12.6. The highest BCUT2D eigenvalue weighted by molar-refractivity contribution is 9.10. The SMILES string of the molecule is CN(C[C@@H]1CCc2nccn2C1)S(=O)(=O)c1sccc1Br. The smallest absolute Gasteiger partial charge is 0.253 e. The first-order chi connectivity index (χ1) is 9.98. The molecule has 0 radical (unpaired) electrons. The maximum Gasteiger partial charge on any atom is 0.253 e. The lowest BCUT2D eigenvalue weighted by atomic mass is 10.00. The molecule has 1 aliphatic heterocycles. The van der Waals surface area contributed by atoms with E-state index in [-0.39, 0.29) is 0 Å². The van der Waals surface area contributed by atoms with Gasteiger partial charge in [0, 0.05) is 43.4 Å². The molecule has 21 heavy (non-hydrogen) atoms. The lowest BCUT2D eigenvalue weighted by Gasteiger charge is -2.27. The monoisotopic (exact) mass is 389 g/mol. The molecule has 1 atom stereocenters. The molecule has 5 nitrogen and oxygen atoms in total. The largest absolute Gasteiger partial charge is 0.335 e. The van der Waals surface area contributed by atoms with Crippen LogP contribution < -0.4 is 0 Å². The van der Waals surface area contributed by atoms with Crippen LogP contribution in [0, 0.1) is 5.92 Å². The lowest BCUT2D eigenvalue weighted by Crippen LogP contribution is -2.35. The molecule has 0 unspecified atom stereocenters. The summed E-state index contributed by atoms with van der Waals surface area (Å²) < 4.78 is 29.7. The van der Waals surface area contributed by atoms with Crippen molar-refractivity contribution in [2.75, 3.05) is 13.6 Å². The summed E-state index contributed by atoms with van der Waals surface area (Å²) in [7, 11) is -1.75. The first-order valence-corrected chi connectivity index (χ1v) is 9.79. The van der Waals surface area contributed by atoms with Crippen molar-refractivity contribution in [3.63, 3.8) is 0 Å². The molecule has 1 aliphatic rings. The van der Waals surface area contributed by atoms with E-state index < -0.39 is 10.0 Å². The number of sulfonamides is 1. The molecule has 2 aromatic rings. The van der Waals surface area contributed by atoms with Gasteiger partial charge in [-0.05, 0) is 39.7 Å². The van der Waals surface area contributed by atoms with Crippen molar-refractivity contribution in [2.24, 2.45) is 5.92 Å². The zero-order valence-corrected chi connectivity index (χ0v) is 14.8. The van der Waals surface area contributed by atoms with E-state index in [1.165, 1.54) is 15.6 Å². The van der Waals surface area contributed by atoms with Crippen molar-refractivity contribution in [1.82, 2.24) is 13.9 Å². The second-order valence-corrected chi connectivity index (χ2v) is 9.25. The number of thiophene rings is 1. The summed E-state index contributed by atoms with van der Waals surface area (Å²) in [5.74, 6) is 1.42. The first-order valence-electron chi connectivity index (χ1n) is 6.68. The molecule has 0 saturated carbocycles. The van der Waals surface area contributed by atoms with Crippen molar-refractivity contribution in [3.8, 4) is 0 Å². The van der Waals surface area contributed by atoms with Crippen LogP contribution in [0.5, 0.6) is 0 Å². The predicted molar refractivity (Wildman–Crippen MR) is 85.9 cm³/mol. The van der Waals surface area contributed by atoms with E-state index in [9.17, 15) is 8.42 Å². The minimum absolute atomic E-state index is 0.324. The van der Waals surface area contributed by atoms with Crippen molar-refractivity contribution in [3.05, 3.63) is 34.1 Å². The molecule has 2 aromatic heterocycles. The zero-order valence-electron chi connectivity index (χ0n) is 11.6. The van der Waals surface area contributed by atoms with E-state index in [0.29, 0.717) is 21.1 Å². The van der Waals surface area contributed by atoms with Gasteiger partial charge in [0.1, 0.15) is 10.0 Å². The number of halogens is 1. The Bertz CT molecular complexity index is 738. The zero-order chi connectivity index (χ0) is 15.0. The van der Waals surface area contributed by atoms with Crippen molar-refractivity contribution >= 4 is 37.3 Å². The molecule has 0 aromatic carbocycles. The molecule has 3 rings (SSSR count). The van der Waals surface area contributed by atoms with Crippen LogP contribution in [-0.4, -0.2) is 35.9 Å². The number of rotatable bonds is 4. The number of hydrogen-bond acceptors (Lipinski definition) is 4. The summed E-state index contributed by atoms with van der Waals surface area (Å²) in [5.41, 5.74) is 0. The fourth-order valence-corrected chi connectivity index (χ4v) is 6.40. The Hall–Kier alpha value is -0.700. The van der Waals surface area contributed by atoms with Crippen molar-refractivity contribution in [1.29, 1.82) is 0 Å². The number of aryl methyl sites for hydroxylation is 1. The maximum absolute atomic E-state index is 12.6. The Morgan fingerprint density at radius 2 is 2.38 bits per heavy atom. The van der Waals surface area contributed by atoms with Crippen molar-refractivity contribution < 1.29 is 8.42 Å². The van der Waals surface area contributed by atoms with Crippen molar-refractivity contribution in [2.45, 2.75) is 23.6 Å². The molecule has 0 amide bonds. The summed E-state index contributed by atoms with van der Waals surface area (Å²) in [6.45, 7) is 1.37.